The largest absolute Gasteiger partial charge is 0.481 e. The van der Waals surface area contributed by atoms with Gasteiger partial charge in [0.25, 0.3) is 5.91 Å². The third-order valence-electron chi connectivity index (χ3n) is 2.96. The molecule has 1 aromatic heterocycles. The van der Waals surface area contributed by atoms with Gasteiger partial charge < -0.3 is 15.0 Å². The number of nitrogens with one attached hydrogen (secondary N) is 1. The summed E-state index contributed by atoms with van der Waals surface area (Å²) >= 11 is 0. The number of rotatable bonds is 5. The van der Waals surface area contributed by atoms with Crippen LogP contribution in [0, 0.1) is 12.8 Å². The number of hydrogen-bond donors (Lipinski definition) is 2. The molecule has 0 radical (unpaired) electrons. The molecule has 94 valence electrons. The van der Waals surface area contributed by atoms with E-state index in [1.165, 1.54) is 0 Å². The van der Waals surface area contributed by atoms with Crippen LogP contribution in [0.25, 0.3) is 0 Å². The topological polar surface area (TPSA) is 71.3 Å². The van der Waals surface area contributed by atoms with Crippen LogP contribution < -0.4 is 5.32 Å². The Hall–Kier alpha value is -1.78. The molecule has 1 rings (SSSR count). The van der Waals surface area contributed by atoms with Crippen LogP contribution in [0.15, 0.2) is 12.1 Å². The molecule has 1 amide bonds. The van der Waals surface area contributed by atoms with Crippen LogP contribution in [0.4, 0.5) is 0 Å². The van der Waals surface area contributed by atoms with Crippen molar-refractivity contribution in [2.24, 2.45) is 13.0 Å². The van der Waals surface area contributed by atoms with Crippen LogP contribution in [0.5, 0.6) is 0 Å². The summed E-state index contributed by atoms with van der Waals surface area (Å²) in [6, 6.07) is 3.58. The Morgan fingerprint density at radius 2 is 2.12 bits per heavy atom. The normalized spacial score (nSPS) is 12.2. The van der Waals surface area contributed by atoms with Gasteiger partial charge >= 0.3 is 5.97 Å². The van der Waals surface area contributed by atoms with Crippen molar-refractivity contribution in [1.29, 1.82) is 0 Å². The Labute approximate surface area is 100 Å². The minimum Gasteiger partial charge on any atom is -0.481 e. The standard InChI is InChI=1S/C12H18N2O3/c1-4-9(12(16)17)7-13-11(15)10-6-5-8(2)14(10)3/h5-6,9H,4,7H2,1-3H3,(H,13,15)(H,16,17). The van der Waals surface area contributed by atoms with E-state index in [1.807, 2.05) is 13.0 Å². The molecule has 0 aliphatic rings. The van der Waals surface area contributed by atoms with Crippen LogP contribution in [0.3, 0.4) is 0 Å². The Morgan fingerprint density at radius 1 is 1.47 bits per heavy atom. The fourth-order valence-electron chi connectivity index (χ4n) is 1.55. The number of carbonyl (C=O) groups is 2. The molecule has 0 spiro atoms. The number of aromatic nitrogens is 1. The molecule has 1 aromatic rings. The van der Waals surface area contributed by atoms with Crippen molar-refractivity contribution < 1.29 is 14.7 Å². The van der Waals surface area contributed by atoms with Crippen molar-refractivity contribution in [1.82, 2.24) is 9.88 Å². The monoisotopic (exact) mass is 238 g/mol. The predicted octanol–water partition coefficient (Wildman–Crippen LogP) is 1.17. The fourth-order valence-corrected chi connectivity index (χ4v) is 1.55. The molecular formula is C12H18N2O3. The smallest absolute Gasteiger partial charge is 0.308 e. The first-order chi connectivity index (χ1) is 7.97. The average molecular weight is 238 g/mol. The highest BCUT2D eigenvalue weighted by atomic mass is 16.4. The van der Waals surface area contributed by atoms with Gasteiger partial charge in [0.1, 0.15) is 5.69 Å². The molecule has 0 bridgehead atoms. The second-order valence-electron chi connectivity index (χ2n) is 4.07. The van der Waals surface area contributed by atoms with E-state index >= 15 is 0 Å². The number of aliphatic carboxylic acids is 1. The summed E-state index contributed by atoms with van der Waals surface area (Å²) in [6.45, 7) is 3.86. The van der Waals surface area contributed by atoms with Crippen LogP contribution in [-0.4, -0.2) is 28.1 Å². The number of carbonyl (C=O) groups excluding carboxylic acids is 1. The number of aryl methyl sites for hydroxylation is 1. The number of amides is 1. The lowest BCUT2D eigenvalue weighted by Crippen LogP contribution is -2.33. The second kappa shape index (κ2) is 5.52. The molecule has 1 heterocycles. The molecule has 0 aromatic carbocycles. The molecule has 0 aliphatic carbocycles. The summed E-state index contributed by atoms with van der Waals surface area (Å²) < 4.78 is 1.77. The summed E-state index contributed by atoms with van der Waals surface area (Å²) in [6.07, 6.45) is 0.502. The highest BCUT2D eigenvalue weighted by Gasteiger charge is 2.17. The van der Waals surface area contributed by atoms with Gasteiger partial charge in [0.15, 0.2) is 0 Å². The van der Waals surface area contributed by atoms with Crippen molar-refractivity contribution in [2.45, 2.75) is 20.3 Å². The third-order valence-corrected chi connectivity index (χ3v) is 2.96. The lowest BCUT2D eigenvalue weighted by molar-refractivity contribution is -0.141. The maximum Gasteiger partial charge on any atom is 0.308 e. The Kier molecular flexibility index (Phi) is 4.31. The fraction of sp³-hybridized carbons (Fsp3) is 0.500. The second-order valence-corrected chi connectivity index (χ2v) is 4.07. The number of nitrogens with zero attached hydrogens (tertiary/aromatic N) is 1. The van der Waals surface area contributed by atoms with E-state index in [1.54, 1.807) is 24.6 Å². The van der Waals surface area contributed by atoms with Crippen LogP contribution >= 0.6 is 0 Å². The molecule has 5 heteroatoms. The molecule has 2 N–H and O–H groups in total. The highest BCUT2D eigenvalue weighted by molar-refractivity contribution is 5.93. The molecule has 0 saturated heterocycles. The first-order valence-corrected chi connectivity index (χ1v) is 5.60. The van der Waals surface area contributed by atoms with Crippen molar-refractivity contribution in [3.8, 4) is 0 Å². The first-order valence-electron chi connectivity index (χ1n) is 5.60. The Bertz CT molecular complexity index is 423. The summed E-state index contributed by atoms with van der Waals surface area (Å²) in [5.74, 6) is -1.64. The highest BCUT2D eigenvalue weighted by Crippen LogP contribution is 2.06. The summed E-state index contributed by atoms with van der Waals surface area (Å²) in [4.78, 5) is 22.6. The van der Waals surface area contributed by atoms with Gasteiger partial charge in [0.2, 0.25) is 0 Å². The SMILES string of the molecule is CCC(CNC(=O)c1ccc(C)n1C)C(=O)O. The number of hydrogen-bond acceptors (Lipinski definition) is 2. The zero-order valence-corrected chi connectivity index (χ0v) is 10.4. The van der Waals surface area contributed by atoms with E-state index in [-0.39, 0.29) is 12.5 Å². The van der Waals surface area contributed by atoms with Gasteiger partial charge in [-0.05, 0) is 25.5 Å². The first kappa shape index (κ1) is 13.3. The zero-order chi connectivity index (χ0) is 13.0. The third kappa shape index (κ3) is 3.09. The Morgan fingerprint density at radius 3 is 2.53 bits per heavy atom. The predicted molar refractivity (Wildman–Crippen MR) is 63.9 cm³/mol. The van der Waals surface area contributed by atoms with Gasteiger partial charge in [-0.3, -0.25) is 9.59 Å². The lowest BCUT2D eigenvalue weighted by atomic mass is 10.1. The van der Waals surface area contributed by atoms with E-state index in [0.29, 0.717) is 12.1 Å². The van der Waals surface area contributed by atoms with E-state index in [2.05, 4.69) is 5.32 Å². The number of carboxylic acid groups (broad SMARTS) is 1. The summed E-state index contributed by atoms with van der Waals surface area (Å²) in [5, 5.41) is 11.5. The van der Waals surface area contributed by atoms with Gasteiger partial charge in [-0.2, -0.15) is 0 Å². The van der Waals surface area contributed by atoms with Crippen LogP contribution in [-0.2, 0) is 11.8 Å². The summed E-state index contributed by atoms with van der Waals surface area (Å²) in [7, 11) is 1.80. The maximum atomic E-state index is 11.8. The van der Waals surface area contributed by atoms with Crippen molar-refractivity contribution in [3.63, 3.8) is 0 Å². The minimum absolute atomic E-state index is 0.162. The molecule has 0 fully saturated rings. The molecule has 1 unspecified atom stereocenters. The quantitative estimate of drug-likeness (QED) is 0.809. The van der Waals surface area contributed by atoms with Gasteiger partial charge in [-0.15, -0.1) is 0 Å². The molecule has 0 saturated carbocycles. The van der Waals surface area contributed by atoms with Gasteiger partial charge in [-0.1, -0.05) is 6.92 Å². The van der Waals surface area contributed by atoms with Crippen LogP contribution in [0.1, 0.15) is 29.5 Å². The molecule has 17 heavy (non-hydrogen) atoms. The van der Waals surface area contributed by atoms with E-state index < -0.39 is 11.9 Å². The van der Waals surface area contributed by atoms with Gasteiger partial charge in [0, 0.05) is 19.3 Å². The minimum atomic E-state index is -0.879. The lowest BCUT2D eigenvalue weighted by Gasteiger charge is -2.11. The van der Waals surface area contributed by atoms with Crippen LogP contribution in [0.2, 0.25) is 0 Å². The molecule has 0 aliphatic heterocycles. The van der Waals surface area contributed by atoms with Crippen molar-refractivity contribution in [3.05, 3.63) is 23.5 Å². The average Bonchev–Trinajstić information content (AvgIpc) is 2.60. The van der Waals surface area contributed by atoms with Crippen molar-refractivity contribution in [2.75, 3.05) is 6.54 Å². The Balaban J connectivity index is 2.61. The molecule has 5 nitrogen and oxygen atoms in total. The molecular weight excluding hydrogens is 220 g/mol. The van der Waals surface area contributed by atoms with E-state index in [0.717, 1.165) is 5.69 Å². The van der Waals surface area contributed by atoms with E-state index in [4.69, 9.17) is 5.11 Å². The van der Waals surface area contributed by atoms with E-state index in [9.17, 15) is 9.59 Å². The van der Waals surface area contributed by atoms with Gasteiger partial charge in [0.05, 0.1) is 5.92 Å². The molecule has 1 atom stereocenters. The van der Waals surface area contributed by atoms with Gasteiger partial charge in [-0.25, -0.2) is 0 Å². The number of carboxylic acids is 1. The summed E-state index contributed by atoms with van der Waals surface area (Å²) in [5.41, 5.74) is 1.53. The maximum absolute atomic E-state index is 11.8. The van der Waals surface area contributed by atoms with Crippen molar-refractivity contribution >= 4 is 11.9 Å². The zero-order valence-electron chi connectivity index (χ0n) is 10.4.